The van der Waals surface area contributed by atoms with Gasteiger partial charge in [-0.3, -0.25) is 15.0 Å². The Morgan fingerprint density at radius 2 is 1.78 bits per heavy atom. The fourth-order valence-corrected chi connectivity index (χ4v) is 3.80. The number of hydrazine groups is 1. The Hall–Kier alpha value is -1.92. The number of rotatable bonds is 4. The average molecular weight is 317 g/mol. The van der Waals surface area contributed by atoms with Crippen molar-refractivity contribution < 1.29 is 14.7 Å². The molecule has 4 N–H and O–H groups in total. The third-order valence-electron chi connectivity index (χ3n) is 5.22. The van der Waals surface area contributed by atoms with Gasteiger partial charge in [0.1, 0.15) is 6.17 Å². The molecule has 5 unspecified atom stereocenters. The smallest absolute Gasteiger partial charge is 0.307 e. The highest BCUT2D eigenvalue weighted by molar-refractivity contribution is 5.91. The molecule has 1 amide bonds. The maximum atomic E-state index is 12.5. The molecule has 1 aliphatic carbocycles. The van der Waals surface area contributed by atoms with Gasteiger partial charge in [0.25, 0.3) is 0 Å². The van der Waals surface area contributed by atoms with Crippen molar-refractivity contribution in [1.82, 2.24) is 16.2 Å². The van der Waals surface area contributed by atoms with Crippen molar-refractivity contribution in [1.29, 1.82) is 0 Å². The van der Waals surface area contributed by atoms with E-state index in [1.165, 1.54) is 0 Å². The van der Waals surface area contributed by atoms with Crippen LogP contribution in [0.25, 0.3) is 0 Å². The SMILES string of the molecule is CC1NNC(NC(=O)C2C(C(=O)O)C2(C)C)C1c1ccccc1. The summed E-state index contributed by atoms with van der Waals surface area (Å²) >= 11 is 0. The van der Waals surface area contributed by atoms with Crippen LogP contribution in [0, 0.1) is 17.3 Å². The lowest BCUT2D eigenvalue weighted by atomic mass is 9.91. The van der Waals surface area contributed by atoms with Crippen molar-refractivity contribution in [2.45, 2.75) is 38.9 Å². The Kier molecular flexibility index (Phi) is 3.90. The summed E-state index contributed by atoms with van der Waals surface area (Å²) < 4.78 is 0. The summed E-state index contributed by atoms with van der Waals surface area (Å²) in [4.78, 5) is 23.8. The maximum Gasteiger partial charge on any atom is 0.307 e. The van der Waals surface area contributed by atoms with Crippen LogP contribution in [0.3, 0.4) is 0 Å². The first-order valence-corrected chi connectivity index (χ1v) is 7.93. The van der Waals surface area contributed by atoms with Gasteiger partial charge in [0.15, 0.2) is 0 Å². The van der Waals surface area contributed by atoms with E-state index >= 15 is 0 Å². The Morgan fingerprint density at radius 1 is 1.13 bits per heavy atom. The first-order valence-electron chi connectivity index (χ1n) is 7.93. The van der Waals surface area contributed by atoms with E-state index in [-0.39, 0.29) is 24.0 Å². The molecule has 6 nitrogen and oxygen atoms in total. The van der Waals surface area contributed by atoms with Crippen LogP contribution in [0.5, 0.6) is 0 Å². The molecule has 1 heterocycles. The predicted molar refractivity (Wildman–Crippen MR) is 85.2 cm³/mol. The number of hydrogen-bond acceptors (Lipinski definition) is 4. The molecule has 0 bridgehead atoms. The van der Waals surface area contributed by atoms with Crippen LogP contribution >= 0.6 is 0 Å². The molecule has 1 aliphatic heterocycles. The van der Waals surface area contributed by atoms with Crippen LogP contribution in [0.15, 0.2) is 30.3 Å². The van der Waals surface area contributed by atoms with Crippen LogP contribution < -0.4 is 16.2 Å². The van der Waals surface area contributed by atoms with E-state index in [4.69, 9.17) is 0 Å². The molecule has 1 aromatic carbocycles. The van der Waals surface area contributed by atoms with Gasteiger partial charge in [-0.15, -0.1) is 0 Å². The number of carbonyl (C=O) groups is 2. The molecular weight excluding hydrogens is 294 g/mol. The minimum atomic E-state index is -0.902. The number of carboxylic acid groups (broad SMARTS) is 1. The molecule has 0 aromatic heterocycles. The Morgan fingerprint density at radius 3 is 2.35 bits per heavy atom. The highest BCUT2D eigenvalue weighted by atomic mass is 16.4. The topological polar surface area (TPSA) is 90.5 Å². The van der Waals surface area contributed by atoms with E-state index in [1.807, 2.05) is 44.2 Å². The van der Waals surface area contributed by atoms with E-state index in [2.05, 4.69) is 23.1 Å². The third-order valence-corrected chi connectivity index (χ3v) is 5.22. The summed E-state index contributed by atoms with van der Waals surface area (Å²) in [6, 6.07) is 10.1. The van der Waals surface area contributed by atoms with Crippen molar-refractivity contribution in [3.63, 3.8) is 0 Å². The van der Waals surface area contributed by atoms with Crippen LogP contribution in [0.1, 0.15) is 32.3 Å². The Labute approximate surface area is 135 Å². The molecule has 3 rings (SSSR count). The lowest BCUT2D eigenvalue weighted by Gasteiger charge is -2.22. The van der Waals surface area contributed by atoms with E-state index in [0.29, 0.717) is 0 Å². The lowest BCUT2D eigenvalue weighted by molar-refractivity contribution is -0.140. The summed E-state index contributed by atoms with van der Waals surface area (Å²) in [6.45, 7) is 5.71. The van der Waals surface area contributed by atoms with Gasteiger partial charge in [-0.1, -0.05) is 44.2 Å². The number of carboxylic acids is 1. The van der Waals surface area contributed by atoms with Gasteiger partial charge >= 0.3 is 5.97 Å². The first kappa shape index (κ1) is 16.0. The van der Waals surface area contributed by atoms with Crippen molar-refractivity contribution in [2.24, 2.45) is 17.3 Å². The minimum absolute atomic E-state index is 0.0882. The molecule has 6 heteroatoms. The second kappa shape index (κ2) is 5.62. The second-order valence-corrected chi connectivity index (χ2v) is 7.12. The molecule has 5 atom stereocenters. The largest absolute Gasteiger partial charge is 0.481 e. The van der Waals surface area contributed by atoms with E-state index < -0.39 is 23.2 Å². The van der Waals surface area contributed by atoms with E-state index in [9.17, 15) is 14.7 Å². The van der Waals surface area contributed by atoms with Crippen molar-refractivity contribution in [3.05, 3.63) is 35.9 Å². The number of amides is 1. The molecule has 0 radical (unpaired) electrons. The van der Waals surface area contributed by atoms with Crippen molar-refractivity contribution in [2.75, 3.05) is 0 Å². The molecular formula is C17H23N3O3. The predicted octanol–water partition coefficient (Wildman–Crippen LogP) is 1.07. The number of carbonyl (C=O) groups excluding carboxylic acids is 1. The number of nitrogens with one attached hydrogen (secondary N) is 3. The molecule has 2 fully saturated rings. The molecule has 1 saturated heterocycles. The van der Waals surface area contributed by atoms with E-state index in [1.54, 1.807) is 0 Å². The van der Waals surface area contributed by atoms with Gasteiger partial charge in [0, 0.05) is 12.0 Å². The number of hydrogen-bond donors (Lipinski definition) is 4. The van der Waals surface area contributed by atoms with Crippen LogP contribution in [0.2, 0.25) is 0 Å². The second-order valence-electron chi connectivity index (χ2n) is 7.12. The van der Waals surface area contributed by atoms with Gasteiger partial charge in [-0.05, 0) is 17.9 Å². The van der Waals surface area contributed by atoms with Gasteiger partial charge in [0.2, 0.25) is 5.91 Å². The highest BCUT2D eigenvalue weighted by Gasteiger charge is 2.66. The zero-order valence-corrected chi connectivity index (χ0v) is 13.5. The van der Waals surface area contributed by atoms with Crippen LogP contribution in [0.4, 0.5) is 0 Å². The molecule has 124 valence electrons. The average Bonchev–Trinajstić information content (AvgIpc) is 2.91. The molecule has 1 saturated carbocycles. The highest BCUT2D eigenvalue weighted by Crippen LogP contribution is 2.58. The molecule has 23 heavy (non-hydrogen) atoms. The summed E-state index contributed by atoms with van der Waals surface area (Å²) in [6.07, 6.45) is -0.259. The quantitative estimate of drug-likeness (QED) is 0.667. The number of benzene rings is 1. The summed E-state index contributed by atoms with van der Waals surface area (Å²) in [5.41, 5.74) is 6.91. The fourth-order valence-electron chi connectivity index (χ4n) is 3.80. The van der Waals surface area contributed by atoms with Gasteiger partial charge in [0.05, 0.1) is 11.8 Å². The van der Waals surface area contributed by atoms with Gasteiger partial charge in [-0.2, -0.15) is 0 Å². The number of aliphatic carboxylic acids is 1. The normalized spacial score (nSPS) is 34.8. The lowest BCUT2D eigenvalue weighted by Crippen LogP contribution is -2.47. The van der Waals surface area contributed by atoms with Crippen molar-refractivity contribution >= 4 is 11.9 Å². The molecule has 0 spiro atoms. The summed E-state index contributed by atoms with van der Waals surface area (Å²) in [5, 5.41) is 12.2. The molecule has 1 aromatic rings. The zero-order chi connectivity index (χ0) is 16.8. The van der Waals surface area contributed by atoms with Crippen LogP contribution in [-0.4, -0.2) is 29.2 Å². The Balaban J connectivity index is 1.72. The monoisotopic (exact) mass is 317 g/mol. The van der Waals surface area contributed by atoms with Crippen molar-refractivity contribution in [3.8, 4) is 0 Å². The standard InChI is InChI=1S/C17H23N3O3/c1-9-11(10-7-5-4-6-8-10)14(20-19-9)18-15(21)12-13(16(22)23)17(12,2)3/h4-9,11-14,19-20H,1-3H3,(H,18,21)(H,22,23). The zero-order valence-electron chi connectivity index (χ0n) is 13.5. The van der Waals surface area contributed by atoms with Gasteiger partial charge < -0.3 is 10.4 Å². The summed E-state index contributed by atoms with van der Waals surface area (Å²) in [5.74, 6) is -2.10. The Bertz CT molecular complexity index is 617. The third kappa shape index (κ3) is 2.72. The minimum Gasteiger partial charge on any atom is -0.481 e. The maximum absolute atomic E-state index is 12.5. The molecule has 2 aliphatic rings. The van der Waals surface area contributed by atoms with E-state index in [0.717, 1.165) is 5.56 Å². The van der Waals surface area contributed by atoms with Crippen LogP contribution in [-0.2, 0) is 9.59 Å². The fraction of sp³-hybridized carbons (Fsp3) is 0.529. The first-order chi connectivity index (χ1) is 10.8. The van der Waals surface area contributed by atoms with Gasteiger partial charge in [-0.25, -0.2) is 5.43 Å². The summed E-state index contributed by atoms with van der Waals surface area (Å²) in [7, 11) is 0.